The van der Waals surface area contributed by atoms with Crippen molar-refractivity contribution in [3.8, 4) is 0 Å². The second-order valence-corrected chi connectivity index (χ2v) is 5.17. The third-order valence-electron chi connectivity index (χ3n) is 3.26. The molecule has 1 saturated heterocycles. The fraction of sp³-hybridized carbons (Fsp3) is 0.538. The van der Waals surface area contributed by atoms with Gasteiger partial charge in [-0.05, 0) is 36.5 Å². The van der Waals surface area contributed by atoms with Crippen LogP contribution in [0.3, 0.4) is 0 Å². The Morgan fingerprint density at radius 3 is 2.31 bits per heavy atom. The van der Waals surface area contributed by atoms with Crippen LogP contribution in [0.15, 0.2) is 18.2 Å². The smallest absolute Gasteiger partial charge is 0.0601 e. The Hall–Kier alpha value is -1.38. The van der Waals surface area contributed by atoms with Gasteiger partial charge in [-0.3, -0.25) is 0 Å². The largest absolute Gasteiger partial charge is 0.399 e. The van der Waals surface area contributed by atoms with Gasteiger partial charge >= 0.3 is 0 Å². The molecule has 0 aliphatic carbocycles. The fourth-order valence-corrected chi connectivity index (χ4v) is 2.72. The van der Waals surface area contributed by atoms with Gasteiger partial charge in [-0.2, -0.15) is 0 Å². The number of rotatable bonds is 1. The van der Waals surface area contributed by atoms with Crippen LogP contribution in [0.5, 0.6) is 0 Å². The minimum Gasteiger partial charge on any atom is -0.399 e. The van der Waals surface area contributed by atoms with Crippen LogP contribution in [0.4, 0.5) is 17.1 Å². The number of nitrogen functional groups attached to an aromatic ring is 2. The molecule has 3 heteroatoms. The summed E-state index contributed by atoms with van der Waals surface area (Å²) in [7, 11) is 0. The Labute approximate surface area is 97.4 Å². The zero-order chi connectivity index (χ0) is 11.7. The first-order valence-corrected chi connectivity index (χ1v) is 5.96. The fourth-order valence-electron chi connectivity index (χ4n) is 2.72. The lowest BCUT2D eigenvalue weighted by Gasteiger charge is -2.37. The van der Waals surface area contributed by atoms with Gasteiger partial charge in [0.25, 0.3) is 0 Å². The predicted octanol–water partition coefficient (Wildman–Crippen LogP) is 2.33. The van der Waals surface area contributed by atoms with E-state index in [-0.39, 0.29) is 0 Å². The van der Waals surface area contributed by atoms with Crippen molar-refractivity contribution < 1.29 is 0 Å². The molecule has 0 amide bonds. The zero-order valence-corrected chi connectivity index (χ0v) is 10.1. The summed E-state index contributed by atoms with van der Waals surface area (Å²) < 4.78 is 0. The van der Waals surface area contributed by atoms with Crippen molar-refractivity contribution in [1.29, 1.82) is 0 Å². The number of piperidine rings is 1. The highest BCUT2D eigenvalue weighted by Gasteiger charge is 2.22. The summed E-state index contributed by atoms with van der Waals surface area (Å²) in [5.41, 5.74) is 14.4. The standard InChI is InChI=1S/C13H21N3/c1-9-5-10(2)8-16(7-9)13-4-3-11(14)6-12(13)15/h3-4,6,9-10H,5,7-8,14-15H2,1-2H3. The van der Waals surface area contributed by atoms with E-state index in [1.165, 1.54) is 6.42 Å². The Morgan fingerprint density at radius 2 is 1.75 bits per heavy atom. The van der Waals surface area contributed by atoms with E-state index in [0.29, 0.717) is 0 Å². The second kappa shape index (κ2) is 4.24. The molecule has 1 aliphatic heterocycles. The Kier molecular flexibility index (Phi) is 2.95. The first-order chi connectivity index (χ1) is 7.56. The first-order valence-electron chi connectivity index (χ1n) is 5.96. The maximum Gasteiger partial charge on any atom is 0.0601 e. The van der Waals surface area contributed by atoms with Crippen molar-refractivity contribution in [2.24, 2.45) is 11.8 Å². The molecule has 1 heterocycles. The van der Waals surface area contributed by atoms with Crippen molar-refractivity contribution in [3.63, 3.8) is 0 Å². The highest BCUT2D eigenvalue weighted by molar-refractivity contribution is 5.72. The summed E-state index contributed by atoms with van der Waals surface area (Å²) in [5.74, 6) is 1.47. The van der Waals surface area contributed by atoms with Crippen molar-refractivity contribution in [3.05, 3.63) is 18.2 Å². The van der Waals surface area contributed by atoms with Crippen LogP contribution in [0.25, 0.3) is 0 Å². The number of anilines is 3. The van der Waals surface area contributed by atoms with E-state index in [2.05, 4.69) is 18.7 Å². The number of benzene rings is 1. The number of hydrogen-bond acceptors (Lipinski definition) is 3. The van der Waals surface area contributed by atoms with Gasteiger partial charge in [0.1, 0.15) is 0 Å². The zero-order valence-electron chi connectivity index (χ0n) is 10.1. The van der Waals surface area contributed by atoms with E-state index in [1.807, 2.05) is 18.2 Å². The van der Waals surface area contributed by atoms with Gasteiger partial charge in [-0.15, -0.1) is 0 Å². The molecule has 3 nitrogen and oxygen atoms in total. The van der Waals surface area contributed by atoms with Crippen LogP contribution in [0.2, 0.25) is 0 Å². The molecular weight excluding hydrogens is 198 g/mol. The lowest BCUT2D eigenvalue weighted by molar-refractivity contribution is 0.357. The molecule has 1 aromatic carbocycles. The molecule has 0 radical (unpaired) electrons. The molecule has 1 aliphatic rings. The highest BCUT2D eigenvalue weighted by Crippen LogP contribution is 2.31. The third kappa shape index (κ3) is 2.23. The number of nitrogens with zero attached hydrogens (tertiary/aromatic N) is 1. The van der Waals surface area contributed by atoms with Crippen molar-refractivity contribution in [2.45, 2.75) is 20.3 Å². The molecular formula is C13H21N3. The molecule has 0 saturated carbocycles. The quantitative estimate of drug-likeness (QED) is 0.713. The molecule has 0 aromatic heterocycles. The number of hydrogen-bond donors (Lipinski definition) is 2. The lowest BCUT2D eigenvalue weighted by atomic mass is 9.91. The van der Waals surface area contributed by atoms with E-state index in [9.17, 15) is 0 Å². The molecule has 16 heavy (non-hydrogen) atoms. The van der Waals surface area contributed by atoms with E-state index >= 15 is 0 Å². The van der Waals surface area contributed by atoms with E-state index in [4.69, 9.17) is 11.5 Å². The van der Waals surface area contributed by atoms with Crippen LogP contribution < -0.4 is 16.4 Å². The van der Waals surface area contributed by atoms with Gasteiger partial charge in [-0.1, -0.05) is 13.8 Å². The third-order valence-corrected chi connectivity index (χ3v) is 3.26. The summed E-state index contributed by atoms with van der Waals surface area (Å²) in [4.78, 5) is 2.38. The second-order valence-electron chi connectivity index (χ2n) is 5.17. The van der Waals surface area contributed by atoms with Crippen LogP contribution >= 0.6 is 0 Å². The average molecular weight is 219 g/mol. The van der Waals surface area contributed by atoms with Crippen molar-refractivity contribution >= 4 is 17.1 Å². The maximum atomic E-state index is 6.02. The molecule has 2 rings (SSSR count). The van der Waals surface area contributed by atoms with Crippen molar-refractivity contribution in [1.82, 2.24) is 0 Å². The monoisotopic (exact) mass is 219 g/mol. The summed E-state index contributed by atoms with van der Waals surface area (Å²) in [6, 6.07) is 5.81. The highest BCUT2D eigenvalue weighted by atomic mass is 15.1. The predicted molar refractivity (Wildman–Crippen MR) is 70.4 cm³/mol. The summed E-state index contributed by atoms with van der Waals surface area (Å²) in [6.45, 7) is 6.79. The average Bonchev–Trinajstić information content (AvgIpc) is 2.15. The Balaban J connectivity index is 2.23. The minimum atomic E-state index is 0.736. The maximum absolute atomic E-state index is 6.02. The van der Waals surface area contributed by atoms with Gasteiger partial charge in [0.05, 0.1) is 11.4 Å². The summed E-state index contributed by atoms with van der Waals surface area (Å²) in [5, 5.41) is 0. The molecule has 2 atom stereocenters. The number of nitrogens with two attached hydrogens (primary N) is 2. The van der Waals surface area contributed by atoms with Crippen LogP contribution in [-0.2, 0) is 0 Å². The van der Waals surface area contributed by atoms with Gasteiger partial charge < -0.3 is 16.4 Å². The van der Waals surface area contributed by atoms with Gasteiger partial charge in [0, 0.05) is 18.8 Å². The molecule has 4 N–H and O–H groups in total. The Morgan fingerprint density at radius 1 is 1.12 bits per heavy atom. The SMILES string of the molecule is CC1CC(C)CN(c2ccc(N)cc2N)C1. The lowest BCUT2D eigenvalue weighted by Crippen LogP contribution is -2.39. The van der Waals surface area contributed by atoms with E-state index in [1.54, 1.807) is 0 Å². The summed E-state index contributed by atoms with van der Waals surface area (Å²) in [6.07, 6.45) is 1.31. The summed E-state index contributed by atoms with van der Waals surface area (Å²) >= 11 is 0. The first kappa shape index (κ1) is 11.1. The molecule has 0 spiro atoms. The normalized spacial score (nSPS) is 25.8. The molecule has 2 unspecified atom stereocenters. The van der Waals surface area contributed by atoms with Gasteiger partial charge in [0.2, 0.25) is 0 Å². The van der Waals surface area contributed by atoms with Gasteiger partial charge in [0.15, 0.2) is 0 Å². The molecule has 1 fully saturated rings. The van der Waals surface area contributed by atoms with Crippen LogP contribution in [0.1, 0.15) is 20.3 Å². The minimum absolute atomic E-state index is 0.736. The topological polar surface area (TPSA) is 55.3 Å². The van der Waals surface area contributed by atoms with Crippen LogP contribution in [0, 0.1) is 11.8 Å². The molecule has 88 valence electrons. The van der Waals surface area contributed by atoms with E-state index in [0.717, 1.165) is 42.0 Å². The van der Waals surface area contributed by atoms with E-state index < -0.39 is 0 Å². The van der Waals surface area contributed by atoms with Crippen LogP contribution in [-0.4, -0.2) is 13.1 Å². The Bertz CT molecular complexity index is 365. The van der Waals surface area contributed by atoms with Crippen molar-refractivity contribution in [2.75, 3.05) is 29.5 Å². The molecule has 0 bridgehead atoms. The molecule has 1 aromatic rings. The van der Waals surface area contributed by atoms with Gasteiger partial charge in [-0.25, -0.2) is 0 Å².